The molecule has 2 saturated heterocycles. The predicted molar refractivity (Wildman–Crippen MR) is 87.0 cm³/mol. The summed E-state index contributed by atoms with van der Waals surface area (Å²) in [4.78, 5) is 41.5. The van der Waals surface area contributed by atoms with Gasteiger partial charge in [-0.2, -0.15) is 0 Å². The minimum absolute atomic E-state index is 0.0147. The van der Waals surface area contributed by atoms with E-state index in [0.717, 1.165) is 12.3 Å². The number of hydroxylamine groups is 2. The molecule has 10 heteroatoms. The minimum atomic E-state index is -3.52. The summed E-state index contributed by atoms with van der Waals surface area (Å²) in [6.07, 6.45) is 1.38. The lowest BCUT2D eigenvalue weighted by molar-refractivity contribution is -0.200. The van der Waals surface area contributed by atoms with Crippen LogP contribution in [0.5, 0.6) is 0 Å². The van der Waals surface area contributed by atoms with Crippen LogP contribution in [0.3, 0.4) is 0 Å². The number of sulfone groups is 1. The Morgan fingerprint density at radius 3 is 2.46 bits per heavy atom. The fraction of sp³-hybridized carbons (Fsp3) is 0.438. The summed E-state index contributed by atoms with van der Waals surface area (Å²) in [5.41, 5.74) is 0.182. The zero-order valence-corrected chi connectivity index (χ0v) is 14.8. The van der Waals surface area contributed by atoms with Gasteiger partial charge in [-0.25, -0.2) is 17.6 Å². The van der Waals surface area contributed by atoms with Gasteiger partial charge in [-0.3, -0.25) is 9.59 Å². The molecule has 0 aliphatic carbocycles. The fourth-order valence-electron chi connectivity index (χ4n) is 2.97. The smallest absolute Gasteiger partial charge is 0.338 e. The molecule has 2 aliphatic rings. The monoisotopic (exact) mass is 384 g/mol. The maximum absolute atomic E-state index is 14.3. The molecule has 26 heavy (non-hydrogen) atoms. The fourth-order valence-corrected chi connectivity index (χ4v) is 3.60. The largest absolute Gasteiger partial charge is 0.368 e. The molecule has 2 fully saturated rings. The topological polar surface area (TPSA) is 101 Å². The maximum Gasteiger partial charge on any atom is 0.338 e. The lowest BCUT2D eigenvalue weighted by Gasteiger charge is -2.20. The zero-order chi connectivity index (χ0) is 19.1. The van der Waals surface area contributed by atoms with Crippen molar-refractivity contribution in [3.05, 3.63) is 24.0 Å². The third kappa shape index (κ3) is 3.55. The van der Waals surface area contributed by atoms with Crippen LogP contribution in [0.15, 0.2) is 23.1 Å². The molecule has 1 aromatic rings. The summed E-state index contributed by atoms with van der Waals surface area (Å²) in [5.74, 6) is -3.15. The molecule has 140 valence electrons. The van der Waals surface area contributed by atoms with Gasteiger partial charge in [-0.05, 0) is 24.6 Å². The normalized spacial score (nSPS) is 20.8. The van der Waals surface area contributed by atoms with E-state index >= 15 is 0 Å². The van der Waals surface area contributed by atoms with Crippen LogP contribution in [0, 0.1) is 11.7 Å². The highest BCUT2D eigenvalue weighted by atomic mass is 32.2. The lowest BCUT2D eigenvalue weighted by atomic mass is 10.1. The van der Waals surface area contributed by atoms with E-state index in [9.17, 15) is 27.2 Å². The molecule has 1 atom stereocenters. The Kier molecular flexibility index (Phi) is 4.70. The van der Waals surface area contributed by atoms with Gasteiger partial charge in [0, 0.05) is 32.2 Å². The van der Waals surface area contributed by atoms with E-state index in [4.69, 9.17) is 4.84 Å². The van der Waals surface area contributed by atoms with E-state index in [1.807, 2.05) is 0 Å². The molecule has 2 heterocycles. The van der Waals surface area contributed by atoms with Gasteiger partial charge in [-0.1, -0.05) is 0 Å². The number of rotatable bonds is 4. The third-order valence-corrected chi connectivity index (χ3v) is 5.51. The van der Waals surface area contributed by atoms with Crippen molar-refractivity contribution in [1.29, 1.82) is 0 Å². The highest BCUT2D eigenvalue weighted by molar-refractivity contribution is 7.90. The number of nitrogens with zero attached hydrogens (tertiary/aromatic N) is 2. The van der Waals surface area contributed by atoms with Crippen LogP contribution < -0.4 is 4.90 Å². The van der Waals surface area contributed by atoms with Crippen molar-refractivity contribution in [2.45, 2.75) is 24.2 Å². The maximum atomic E-state index is 14.3. The van der Waals surface area contributed by atoms with Crippen molar-refractivity contribution in [3.8, 4) is 0 Å². The van der Waals surface area contributed by atoms with Crippen molar-refractivity contribution in [1.82, 2.24) is 5.06 Å². The Hall–Kier alpha value is -2.49. The molecule has 8 nitrogen and oxygen atoms in total. The van der Waals surface area contributed by atoms with Gasteiger partial charge in [0.15, 0.2) is 9.84 Å². The number of carbonyl (C=O) groups is 3. The summed E-state index contributed by atoms with van der Waals surface area (Å²) in [5, 5.41) is 0.493. The van der Waals surface area contributed by atoms with Crippen LogP contribution in [-0.2, 0) is 29.1 Å². The van der Waals surface area contributed by atoms with Gasteiger partial charge in [0.05, 0.1) is 16.5 Å². The zero-order valence-electron chi connectivity index (χ0n) is 14.0. The molecule has 1 aromatic carbocycles. The third-order valence-electron chi connectivity index (χ3n) is 4.40. The second kappa shape index (κ2) is 6.67. The number of amides is 2. The summed E-state index contributed by atoms with van der Waals surface area (Å²) >= 11 is 0. The van der Waals surface area contributed by atoms with E-state index in [2.05, 4.69) is 0 Å². The summed E-state index contributed by atoms with van der Waals surface area (Å²) in [7, 11) is -3.52. The van der Waals surface area contributed by atoms with E-state index in [1.54, 1.807) is 4.90 Å². The number of carbonyl (C=O) groups excluding carboxylic acids is 3. The first kappa shape index (κ1) is 18.3. The van der Waals surface area contributed by atoms with Crippen molar-refractivity contribution >= 4 is 33.3 Å². The van der Waals surface area contributed by atoms with E-state index < -0.39 is 39.4 Å². The SMILES string of the molecule is CS(=O)(=O)c1ccc(N2CCC(C(=O)ON3C(=O)CCC3=O)C2)c(F)c1. The molecule has 2 aliphatic heterocycles. The van der Waals surface area contributed by atoms with Gasteiger partial charge >= 0.3 is 5.97 Å². The van der Waals surface area contributed by atoms with Crippen LogP contribution >= 0.6 is 0 Å². The molecule has 2 amide bonds. The first-order chi connectivity index (χ1) is 12.2. The highest BCUT2D eigenvalue weighted by Gasteiger charge is 2.37. The molecule has 3 rings (SSSR count). The van der Waals surface area contributed by atoms with Crippen molar-refractivity contribution in [2.75, 3.05) is 24.2 Å². The summed E-state index contributed by atoms with van der Waals surface area (Å²) in [6, 6.07) is 3.60. The Morgan fingerprint density at radius 2 is 1.88 bits per heavy atom. The highest BCUT2D eigenvalue weighted by Crippen LogP contribution is 2.29. The number of hydrogen-bond acceptors (Lipinski definition) is 7. The molecule has 0 N–H and O–H groups in total. The lowest BCUT2D eigenvalue weighted by Crippen LogP contribution is -2.35. The van der Waals surface area contributed by atoms with E-state index in [0.29, 0.717) is 18.0 Å². The van der Waals surface area contributed by atoms with Gasteiger partial charge in [0.2, 0.25) is 0 Å². The Balaban J connectivity index is 1.68. The molecule has 0 radical (unpaired) electrons. The predicted octanol–water partition coefficient (Wildman–Crippen LogP) is 0.663. The van der Waals surface area contributed by atoms with Gasteiger partial charge in [0.25, 0.3) is 11.8 Å². The van der Waals surface area contributed by atoms with Crippen molar-refractivity contribution in [3.63, 3.8) is 0 Å². The first-order valence-corrected chi connectivity index (χ1v) is 9.88. The van der Waals surface area contributed by atoms with E-state index in [-0.39, 0.29) is 30.0 Å². The van der Waals surface area contributed by atoms with Crippen LogP contribution in [-0.4, -0.2) is 50.6 Å². The van der Waals surface area contributed by atoms with Crippen LogP contribution in [0.4, 0.5) is 10.1 Å². The standard InChI is InChI=1S/C16H17FN2O6S/c1-26(23,24)11-2-3-13(12(17)8-11)18-7-6-10(9-18)16(22)25-19-14(20)4-5-15(19)21/h2-3,8,10H,4-7,9H2,1H3. The quantitative estimate of drug-likeness (QED) is 0.703. The second-order valence-electron chi connectivity index (χ2n) is 6.31. The van der Waals surface area contributed by atoms with Crippen LogP contribution in [0.2, 0.25) is 0 Å². The second-order valence-corrected chi connectivity index (χ2v) is 8.32. The van der Waals surface area contributed by atoms with Crippen LogP contribution in [0.25, 0.3) is 0 Å². The number of benzene rings is 1. The average Bonchev–Trinajstić information content (AvgIpc) is 3.16. The Labute approximate surface area is 149 Å². The van der Waals surface area contributed by atoms with Gasteiger partial charge in [0.1, 0.15) is 5.82 Å². The van der Waals surface area contributed by atoms with E-state index in [1.165, 1.54) is 12.1 Å². The van der Waals surface area contributed by atoms with Crippen molar-refractivity contribution in [2.24, 2.45) is 5.92 Å². The first-order valence-electron chi connectivity index (χ1n) is 7.99. The molecule has 0 saturated carbocycles. The summed E-state index contributed by atoms with van der Waals surface area (Å²) in [6.45, 7) is 0.501. The number of halogens is 1. The van der Waals surface area contributed by atoms with Gasteiger partial charge in [-0.15, -0.1) is 5.06 Å². The number of imide groups is 1. The molecule has 0 aromatic heterocycles. The van der Waals surface area contributed by atoms with Crippen LogP contribution in [0.1, 0.15) is 19.3 Å². The molecular weight excluding hydrogens is 367 g/mol. The number of hydrogen-bond donors (Lipinski definition) is 0. The molecular formula is C16H17FN2O6S. The molecule has 0 bridgehead atoms. The summed E-state index contributed by atoms with van der Waals surface area (Å²) < 4.78 is 37.2. The Bertz CT molecular complexity index is 869. The molecule has 1 unspecified atom stereocenters. The minimum Gasteiger partial charge on any atom is -0.368 e. The average molecular weight is 384 g/mol. The Morgan fingerprint density at radius 1 is 1.23 bits per heavy atom. The van der Waals surface area contributed by atoms with Gasteiger partial charge < -0.3 is 9.74 Å². The number of anilines is 1. The van der Waals surface area contributed by atoms with Crippen molar-refractivity contribution < 1.29 is 32.0 Å². The molecule has 0 spiro atoms.